The monoisotopic (exact) mass is 303 g/mol. The lowest BCUT2D eigenvalue weighted by Gasteiger charge is -2.20. The zero-order valence-corrected chi connectivity index (χ0v) is 11.7. The lowest BCUT2D eigenvalue weighted by Crippen LogP contribution is -2.33. The highest BCUT2D eigenvalue weighted by molar-refractivity contribution is 7.91. The van der Waals surface area contributed by atoms with Crippen LogP contribution in [0.15, 0.2) is 18.2 Å². The molecule has 0 radical (unpaired) electrons. The van der Waals surface area contributed by atoms with Gasteiger partial charge in [0.15, 0.2) is 9.84 Å². The first-order valence-corrected chi connectivity index (χ1v) is 8.07. The third-order valence-electron chi connectivity index (χ3n) is 3.02. The van der Waals surface area contributed by atoms with Gasteiger partial charge < -0.3 is 10.0 Å². The van der Waals surface area contributed by atoms with Crippen LogP contribution in [0.3, 0.4) is 0 Å². The first-order chi connectivity index (χ1) is 8.89. The molecule has 0 aliphatic carbocycles. The molecule has 0 aromatic heterocycles. The largest absolute Gasteiger partial charge is 0.508 e. The molecule has 0 spiro atoms. The van der Waals surface area contributed by atoms with Gasteiger partial charge in [-0.15, -0.1) is 0 Å². The van der Waals surface area contributed by atoms with E-state index in [2.05, 4.69) is 0 Å². The van der Waals surface area contributed by atoms with E-state index in [0.29, 0.717) is 13.0 Å². The van der Waals surface area contributed by atoms with Gasteiger partial charge >= 0.3 is 0 Å². The molecule has 1 fully saturated rings. The van der Waals surface area contributed by atoms with Crippen molar-refractivity contribution < 1.29 is 18.3 Å². The Bertz CT molecular complexity index is 600. The summed E-state index contributed by atoms with van der Waals surface area (Å²) in [4.78, 5) is 13.7. The van der Waals surface area contributed by atoms with Crippen LogP contribution < -0.4 is 0 Å². The third kappa shape index (κ3) is 3.39. The predicted octanol–water partition coefficient (Wildman–Crippen LogP) is 1.31. The van der Waals surface area contributed by atoms with Crippen molar-refractivity contribution in [3.8, 4) is 5.75 Å². The molecule has 5 nitrogen and oxygen atoms in total. The first-order valence-electron chi connectivity index (χ1n) is 5.87. The van der Waals surface area contributed by atoms with Crippen LogP contribution >= 0.6 is 11.6 Å². The van der Waals surface area contributed by atoms with Gasteiger partial charge in [-0.1, -0.05) is 11.6 Å². The van der Waals surface area contributed by atoms with Crippen molar-refractivity contribution in [2.45, 2.75) is 6.42 Å². The van der Waals surface area contributed by atoms with Crippen LogP contribution in [0.5, 0.6) is 5.75 Å². The predicted molar refractivity (Wildman–Crippen MR) is 72.3 cm³/mol. The van der Waals surface area contributed by atoms with Crippen molar-refractivity contribution in [3.63, 3.8) is 0 Å². The topological polar surface area (TPSA) is 74.7 Å². The molecule has 1 aromatic carbocycles. The quantitative estimate of drug-likeness (QED) is 0.849. The number of rotatable bonds is 1. The fraction of sp³-hybridized carbons (Fsp3) is 0.417. The Morgan fingerprint density at radius 3 is 2.74 bits per heavy atom. The molecular formula is C12H14ClNO4S. The summed E-state index contributed by atoms with van der Waals surface area (Å²) in [6.07, 6.45) is 0.421. The van der Waals surface area contributed by atoms with Gasteiger partial charge in [-0.25, -0.2) is 8.42 Å². The minimum absolute atomic E-state index is 0.0326. The van der Waals surface area contributed by atoms with E-state index < -0.39 is 9.84 Å². The van der Waals surface area contributed by atoms with Crippen molar-refractivity contribution >= 4 is 27.3 Å². The van der Waals surface area contributed by atoms with Crippen LogP contribution in [0, 0.1) is 0 Å². The number of carbonyl (C=O) groups excluding carboxylic acids is 1. The standard InChI is InChI=1S/C12H14ClNO4S/c13-11-3-2-9(15)8-10(11)12(16)14-4-1-6-19(17,18)7-5-14/h2-3,8,15H,1,4-7H2. The average molecular weight is 304 g/mol. The van der Waals surface area contributed by atoms with Crippen molar-refractivity contribution in [2.75, 3.05) is 24.6 Å². The molecule has 0 bridgehead atoms. The lowest BCUT2D eigenvalue weighted by atomic mass is 10.2. The van der Waals surface area contributed by atoms with Crippen LogP contribution in [0.25, 0.3) is 0 Å². The van der Waals surface area contributed by atoms with Crippen molar-refractivity contribution in [1.29, 1.82) is 0 Å². The third-order valence-corrected chi connectivity index (χ3v) is 5.07. The minimum atomic E-state index is -3.06. The van der Waals surface area contributed by atoms with Crippen molar-refractivity contribution in [2.24, 2.45) is 0 Å². The highest BCUT2D eigenvalue weighted by atomic mass is 35.5. The van der Waals surface area contributed by atoms with Crippen LogP contribution in [0.2, 0.25) is 5.02 Å². The van der Waals surface area contributed by atoms with Gasteiger partial charge in [-0.2, -0.15) is 0 Å². The van der Waals surface area contributed by atoms with Crippen LogP contribution in [-0.2, 0) is 9.84 Å². The number of benzene rings is 1. The Labute approximate surface area is 116 Å². The van der Waals surface area contributed by atoms with Gasteiger partial charge in [0.25, 0.3) is 5.91 Å². The van der Waals surface area contributed by atoms with E-state index in [1.165, 1.54) is 23.1 Å². The molecular weight excluding hydrogens is 290 g/mol. The number of halogens is 1. The van der Waals surface area contributed by atoms with Crippen LogP contribution in [0.4, 0.5) is 0 Å². The fourth-order valence-electron chi connectivity index (χ4n) is 1.99. The zero-order valence-electron chi connectivity index (χ0n) is 10.2. The number of phenols is 1. The number of amides is 1. The second-order valence-corrected chi connectivity index (χ2v) is 7.17. The van der Waals surface area contributed by atoms with Gasteiger partial charge in [0.1, 0.15) is 5.75 Å². The number of hydrogen-bond donors (Lipinski definition) is 1. The Balaban J connectivity index is 2.22. The van der Waals surface area contributed by atoms with E-state index in [4.69, 9.17) is 11.6 Å². The summed E-state index contributed by atoms with van der Waals surface area (Å²) in [5, 5.41) is 9.64. The molecule has 1 amide bonds. The summed E-state index contributed by atoms with van der Waals surface area (Å²) < 4.78 is 23.0. The second kappa shape index (κ2) is 5.38. The lowest BCUT2D eigenvalue weighted by molar-refractivity contribution is 0.0768. The second-order valence-electron chi connectivity index (χ2n) is 4.46. The van der Waals surface area contributed by atoms with E-state index in [1.807, 2.05) is 0 Å². The summed E-state index contributed by atoms with van der Waals surface area (Å²) in [7, 11) is -3.06. The van der Waals surface area contributed by atoms with Gasteiger partial charge in [0.2, 0.25) is 0 Å². The van der Waals surface area contributed by atoms with E-state index >= 15 is 0 Å². The Kier molecular flexibility index (Phi) is 4.01. The average Bonchev–Trinajstić information content (AvgIpc) is 2.52. The minimum Gasteiger partial charge on any atom is -0.508 e. The van der Waals surface area contributed by atoms with E-state index in [9.17, 15) is 18.3 Å². The Morgan fingerprint density at radius 1 is 1.26 bits per heavy atom. The van der Waals surface area contributed by atoms with E-state index in [-0.39, 0.29) is 40.3 Å². The molecule has 0 unspecified atom stereocenters. The molecule has 104 valence electrons. The number of phenolic OH excluding ortho intramolecular Hbond substituents is 1. The Hall–Kier alpha value is -1.27. The maximum atomic E-state index is 12.3. The van der Waals surface area contributed by atoms with Crippen LogP contribution in [0.1, 0.15) is 16.8 Å². The van der Waals surface area contributed by atoms with E-state index in [0.717, 1.165) is 0 Å². The first kappa shape index (κ1) is 14.1. The maximum Gasteiger partial charge on any atom is 0.255 e. The molecule has 1 N–H and O–H groups in total. The summed E-state index contributed by atoms with van der Waals surface area (Å²) in [6.45, 7) is 0.539. The summed E-state index contributed by atoms with van der Waals surface area (Å²) >= 11 is 5.93. The zero-order chi connectivity index (χ0) is 14.0. The highest BCUT2D eigenvalue weighted by Gasteiger charge is 2.24. The number of carbonyl (C=O) groups is 1. The fourth-order valence-corrected chi connectivity index (χ4v) is 3.46. The van der Waals surface area contributed by atoms with Crippen molar-refractivity contribution in [3.05, 3.63) is 28.8 Å². The number of aromatic hydroxyl groups is 1. The molecule has 1 heterocycles. The maximum absolute atomic E-state index is 12.3. The molecule has 1 aliphatic heterocycles. The smallest absolute Gasteiger partial charge is 0.255 e. The van der Waals surface area contributed by atoms with Gasteiger partial charge in [0, 0.05) is 13.1 Å². The summed E-state index contributed by atoms with van der Waals surface area (Å²) in [6, 6.07) is 4.13. The summed E-state index contributed by atoms with van der Waals surface area (Å²) in [5.74, 6) is -0.326. The molecule has 19 heavy (non-hydrogen) atoms. The molecule has 1 aromatic rings. The van der Waals surface area contributed by atoms with Gasteiger partial charge in [-0.3, -0.25) is 4.79 Å². The molecule has 2 rings (SSSR count). The molecule has 7 heteroatoms. The van der Waals surface area contributed by atoms with Crippen LogP contribution in [-0.4, -0.2) is 48.9 Å². The Morgan fingerprint density at radius 2 is 2.00 bits per heavy atom. The van der Waals surface area contributed by atoms with Gasteiger partial charge in [0.05, 0.1) is 22.1 Å². The number of sulfone groups is 1. The highest BCUT2D eigenvalue weighted by Crippen LogP contribution is 2.23. The van der Waals surface area contributed by atoms with Gasteiger partial charge in [-0.05, 0) is 24.6 Å². The van der Waals surface area contributed by atoms with E-state index in [1.54, 1.807) is 0 Å². The molecule has 0 atom stereocenters. The normalized spacial score (nSPS) is 18.9. The SMILES string of the molecule is O=C(c1cc(O)ccc1Cl)N1CCCS(=O)(=O)CC1. The summed E-state index contributed by atoms with van der Waals surface area (Å²) in [5.41, 5.74) is 0.195. The molecule has 1 aliphatic rings. The molecule has 0 saturated carbocycles. The van der Waals surface area contributed by atoms with Crippen molar-refractivity contribution in [1.82, 2.24) is 4.90 Å². The number of hydrogen-bond acceptors (Lipinski definition) is 4. The molecule has 1 saturated heterocycles. The number of nitrogens with zero attached hydrogens (tertiary/aromatic N) is 1.